The predicted octanol–water partition coefficient (Wildman–Crippen LogP) is 1.95. The lowest BCUT2D eigenvalue weighted by Gasteiger charge is -2.28. The van der Waals surface area contributed by atoms with Gasteiger partial charge in [-0.05, 0) is 37.8 Å². The van der Waals surface area contributed by atoms with Crippen LogP contribution in [0.5, 0.6) is 0 Å². The van der Waals surface area contributed by atoms with Crippen molar-refractivity contribution < 1.29 is 14.3 Å². The molecule has 0 saturated carbocycles. The highest BCUT2D eigenvalue weighted by atomic mass is 16.5. The van der Waals surface area contributed by atoms with Crippen molar-refractivity contribution in [1.29, 1.82) is 0 Å². The first kappa shape index (κ1) is 17.2. The maximum absolute atomic E-state index is 12.6. The third kappa shape index (κ3) is 4.45. The number of hydrogen-bond acceptors (Lipinski definition) is 5. The molecule has 2 saturated heterocycles. The normalized spacial score (nSPS) is 21.5. The number of anilines is 1. The van der Waals surface area contributed by atoms with Gasteiger partial charge in [-0.3, -0.25) is 4.79 Å². The minimum absolute atomic E-state index is 0.0611. The van der Waals surface area contributed by atoms with Gasteiger partial charge < -0.3 is 19.3 Å². The van der Waals surface area contributed by atoms with Gasteiger partial charge in [0.15, 0.2) is 0 Å². The molecule has 6 heteroatoms. The van der Waals surface area contributed by atoms with Crippen LogP contribution >= 0.6 is 0 Å². The van der Waals surface area contributed by atoms with E-state index in [2.05, 4.69) is 9.88 Å². The van der Waals surface area contributed by atoms with Crippen molar-refractivity contribution in [3.63, 3.8) is 0 Å². The highest BCUT2D eigenvalue weighted by molar-refractivity contribution is 5.94. The summed E-state index contributed by atoms with van der Waals surface area (Å²) in [6, 6.07) is 3.68. The molecule has 1 atom stereocenters. The van der Waals surface area contributed by atoms with Crippen LogP contribution in [0.4, 0.5) is 5.82 Å². The molecular weight excluding hydrogens is 306 g/mol. The Bertz CT molecular complexity index is 540. The fourth-order valence-electron chi connectivity index (χ4n) is 3.20. The highest BCUT2D eigenvalue weighted by Gasteiger charge is 2.20. The Morgan fingerprint density at radius 3 is 2.92 bits per heavy atom. The van der Waals surface area contributed by atoms with E-state index < -0.39 is 0 Å². The van der Waals surface area contributed by atoms with E-state index in [-0.39, 0.29) is 5.91 Å². The molecule has 1 aromatic rings. The first-order valence-electron chi connectivity index (χ1n) is 8.90. The lowest BCUT2D eigenvalue weighted by Crippen LogP contribution is -2.40. The Morgan fingerprint density at radius 1 is 1.33 bits per heavy atom. The van der Waals surface area contributed by atoms with E-state index in [1.165, 1.54) is 12.8 Å². The van der Waals surface area contributed by atoms with Crippen molar-refractivity contribution in [2.45, 2.75) is 31.8 Å². The molecule has 0 spiro atoms. The molecule has 132 valence electrons. The molecular formula is C18H27N3O3. The zero-order valence-electron chi connectivity index (χ0n) is 14.4. The zero-order chi connectivity index (χ0) is 16.8. The predicted molar refractivity (Wildman–Crippen MR) is 92.4 cm³/mol. The lowest BCUT2D eigenvalue weighted by atomic mass is 10.1. The second-order valence-corrected chi connectivity index (χ2v) is 6.51. The zero-order valence-corrected chi connectivity index (χ0v) is 14.4. The molecule has 0 radical (unpaired) electrons. The number of ether oxygens (including phenoxy) is 2. The number of carbonyl (C=O) groups is 1. The molecule has 3 heterocycles. The smallest absolute Gasteiger partial charge is 0.254 e. The average Bonchev–Trinajstić information content (AvgIpc) is 2.67. The topological polar surface area (TPSA) is 54.9 Å². The molecule has 0 bridgehead atoms. The van der Waals surface area contributed by atoms with Crippen molar-refractivity contribution in [3.8, 4) is 0 Å². The van der Waals surface area contributed by atoms with Crippen LogP contribution in [0.1, 0.15) is 36.0 Å². The van der Waals surface area contributed by atoms with E-state index in [1.807, 2.05) is 18.0 Å². The second-order valence-electron chi connectivity index (χ2n) is 6.51. The van der Waals surface area contributed by atoms with Gasteiger partial charge in [0.05, 0.1) is 19.3 Å². The minimum atomic E-state index is 0.0611. The van der Waals surface area contributed by atoms with Gasteiger partial charge >= 0.3 is 0 Å². The minimum Gasteiger partial charge on any atom is -0.378 e. The van der Waals surface area contributed by atoms with Gasteiger partial charge in [-0.1, -0.05) is 0 Å². The Labute approximate surface area is 143 Å². The fraction of sp³-hybridized carbons (Fsp3) is 0.667. The van der Waals surface area contributed by atoms with E-state index >= 15 is 0 Å². The maximum Gasteiger partial charge on any atom is 0.254 e. The van der Waals surface area contributed by atoms with Crippen molar-refractivity contribution in [2.24, 2.45) is 0 Å². The van der Waals surface area contributed by atoms with Gasteiger partial charge in [-0.15, -0.1) is 0 Å². The molecule has 1 unspecified atom stereocenters. The summed E-state index contributed by atoms with van der Waals surface area (Å²) < 4.78 is 11.1. The van der Waals surface area contributed by atoms with Gasteiger partial charge in [0.25, 0.3) is 5.91 Å². The number of hydrogen-bond donors (Lipinski definition) is 0. The summed E-state index contributed by atoms with van der Waals surface area (Å²) in [5.41, 5.74) is 0.697. The number of amides is 1. The quantitative estimate of drug-likeness (QED) is 0.824. The van der Waals surface area contributed by atoms with Crippen molar-refractivity contribution in [3.05, 3.63) is 23.9 Å². The van der Waals surface area contributed by atoms with Gasteiger partial charge in [0.1, 0.15) is 5.82 Å². The van der Waals surface area contributed by atoms with Crippen LogP contribution in [0, 0.1) is 0 Å². The number of aromatic nitrogens is 1. The molecule has 2 fully saturated rings. The summed E-state index contributed by atoms with van der Waals surface area (Å²) >= 11 is 0. The van der Waals surface area contributed by atoms with Crippen LogP contribution in [0.2, 0.25) is 0 Å². The molecule has 0 aliphatic carbocycles. The van der Waals surface area contributed by atoms with Crippen LogP contribution < -0.4 is 4.90 Å². The summed E-state index contributed by atoms with van der Waals surface area (Å²) in [6.45, 7) is 4.32. The summed E-state index contributed by atoms with van der Waals surface area (Å²) in [4.78, 5) is 21.0. The van der Waals surface area contributed by atoms with Crippen molar-refractivity contribution >= 4 is 11.7 Å². The Morgan fingerprint density at radius 2 is 2.17 bits per heavy atom. The third-order valence-corrected chi connectivity index (χ3v) is 4.74. The van der Waals surface area contributed by atoms with Crippen LogP contribution in [0.3, 0.4) is 0 Å². The number of morpholine rings is 1. The van der Waals surface area contributed by atoms with Crippen molar-refractivity contribution in [2.75, 3.05) is 51.4 Å². The second kappa shape index (κ2) is 8.44. The summed E-state index contributed by atoms with van der Waals surface area (Å²) in [6.07, 6.45) is 6.67. The lowest BCUT2D eigenvalue weighted by molar-refractivity contribution is 0.0126. The first-order valence-corrected chi connectivity index (χ1v) is 8.90. The SMILES string of the molecule is CN(CCC1CCCCO1)c1cc(C(=O)N2CCOCC2)ccn1. The monoisotopic (exact) mass is 333 g/mol. The summed E-state index contributed by atoms with van der Waals surface area (Å²) in [5, 5.41) is 0. The summed E-state index contributed by atoms with van der Waals surface area (Å²) in [7, 11) is 2.02. The van der Waals surface area contributed by atoms with Crippen LogP contribution in [-0.2, 0) is 9.47 Å². The Hall–Kier alpha value is -1.66. The standard InChI is InChI=1S/C18H27N3O3/c1-20(8-6-16-4-2-3-11-24-16)17-14-15(5-7-19-17)18(22)21-9-12-23-13-10-21/h5,7,14,16H,2-4,6,8-13H2,1H3. The Balaban J connectivity index is 1.58. The molecule has 1 amide bonds. The molecule has 2 aliphatic heterocycles. The highest BCUT2D eigenvalue weighted by Crippen LogP contribution is 2.18. The molecule has 0 aromatic carbocycles. The van der Waals surface area contributed by atoms with Gasteiger partial charge in [0, 0.05) is 45.0 Å². The van der Waals surface area contributed by atoms with Gasteiger partial charge in [0.2, 0.25) is 0 Å². The van der Waals surface area contributed by atoms with Gasteiger partial charge in [-0.2, -0.15) is 0 Å². The molecule has 3 rings (SSSR count). The van der Waals surface area contributed by atoms with Crippen LogP contribution in [0.25, 0.3) is 0 Å². The number of nitrogens with zero attached hydrogens (tertiary/aromatic N) is 3. The number of rotatable bonds is 5. The van der Waals surface area contributed by atoms with E-state index in [9.17, 15) is 4.79 Å². The van der Waals surface area contributed by atoms with E-state index in [4.69, 9.17) is 9.47 Å². The molecule has 2 aliphatic rings. The van der Waals surface area contributed by atoms with Gasteiger partial charge in [-0.25, -0.2) is 4.98 Å². The first-order chi connectivity index (χ1) is 11.7. The molecule has 6 nitrogen and oxygen atoms in total. The van der Waals surface area contributed by atoms with E-state index in [0.717, 1.165) is 31.8 Å². The maximum atomic E-state index is 12.6. The number of pyridine rings is 1. The Kier molecular flexibility index (Phi) is 6.04. The van der Waals surface area contributed by atoms with Crippen molar-refractivity contribution in [1.82, 2.24) is 9.88 Å². The largest absolute Gasteiger partial charge is 0.378 e. The van der Waals surface area contributed by atoms with Crippen LogP contribution in [0.15, 0.2) is 18.3 Å². The fourth-order valence-corrected chi connectivity index (χ4v) is 3.20. The average molecular weight is 333 g/mol. The van der Waals surface area contributed by atoms with E-state index in [0.29, 0.717) is 38.0 Å². The molecule has 24 heavy (non-hydrogen) atoms. The molecule has 0 N–H and O–H groups in total. The third-order valence-electron chi connectivity index (χ3n) is 4.74. The number of carbonyl (C=O) groups excluding carboxylic acids is 1. The summed E-state index contributed by atoms with van der Waals surface area (Å²) in [5.74, 6) is 0.899. The molecule has 1 aromatic heterocycles. The van der Waals surface area contributed by atoms with E-state index in [1.54, 1.807) is 12.3 Å². The van der Waals surface area contributed by atoms with Crippen LogP contribution in [-0.4, -0.2) is 68.4 Å².